The molecule has 0 bridgehead atoms. The van der Waals surface area contributed by atoms with E-state index in [4.69, 9.17) is 4.74 Å². The maximum absolute atomic E-state index is 12.8. The third-order valence-corrected chi connectivity index (χ3v) is 6.05. The maximum Gasteiger partial charge on any atom is 0.316 e. The highest BCUT2D eigenvalue weighted by atomic mass is 79.9. The minimum Gasteiger partial charge on any atom is -0.460 e. The normalized spacial score (nSPS) is 21.0. The fourth-order valence-electron chi connectivity index (χ4n) is 2.71. The van der Waals surface area contributed by atoms with Crippen molar-refractivity contribution in [2.45, 2.75) is 42.7 Å². The Morgan fingerprint density at radius 3 is 2.28 bits per heavy atom. The molecule has 0 atom stereocenters. The summed E-state index contributed by atoms with van der Waals surface area (Å²) in [5, 5.41) is 0. The number of nitrogens with zero attached hydrogens (tertiary/aromatic N) is 2. The summed E-state index contributed by atoms with van der Waals surface area (Å²) in [5.74, 6) is -0.515. The Hall–Kier alpha value is -1.58. The standard InChI is InChI=1S/C16H17BrFN3O3S/c17-11-1-7-15(8-2-11)25(22,23)21-13-3-5-14(6-4-13)24-16-19-9-12(18)10-20-16/h1-2,7-10,13-14,21H,3-6H2. The molecule has 0 radical (unpaired) electrons. The highest BCUT2D eigenvalue weighted by molar-refractivity contribution is 9.10. The Bertz CT molecular complexity index is 808. The van der Waals surface area contributed by atoms with Gasteiger partial charge in [0, 0.05) is 10.5 Å². The van der Waals surface area contributed by atoms with E-state index in [0.717, 1.165) is 16.9 Å². The molecule has 0 aliphatic heterocycles. The third-order valence-electron chi connectivity index (χ3n) is 3.99. The molecule has 0 unspecified atom stereocenters. The second kappa shape index (κ2) is 7.76. The fourth-order valence-corrected chi connectivity index (χ4v) is 4.28. The van der Waals surface area contributed by atoms with Crippen LogP contribution in [-0.4, -0.2) is 30.5 Å². The summed E-state index contributed by atoms with van der Waals surface area (Å²) in [6, 6.07) is 6.52. The van der Waals surface area contributed by atoms with Gasteiger partial charge in [0.15, 0.2) is 5.82 Å². The van der Waals surface area contributed by atoms with E-state index in [1.807, 2.05) is 0 Å². The molecule has 25 heavy (non-hydrogen) atoms. The number of aromatic nitrogens is 2. The minimum atomic E-state index is -3.54. The predicted octanol–water partition coefficient (Wildman–Crippen LogP) is 3.05. The Morgan fingerprint density at radius 1 is 1.08 bits per heavy atom. The quantitative estimate of drug-likeness (QED) is 0.789. The number of rotatable bonds is 5. The van der Waals surface area contributed by atoms with Crippen molar-refractivity contribution in [1.82, 2.24) is 14.7 Å². The van der Waals surface area contributed by atoms with Crippen LogP contribution in [0.25, 0.3) is 0 Å². The first-order valence-electron chi connectivity index (χ1n) is 7.84. The van der Waals surface area contributed by atoms with Crippen molar-refractivity contribution >= 4 is 26.0 Å². The topological polar surface area (TPSA) is 81.2 Å². The lowest BCUT2D eigenvalue weighted by atomic mass is 9.94. The number of ether oxygens (including phenoxy) is 1. The molecule has 1 aliphatic carbocycles. The molecule has 1 aromatic carbocycles. The Kier molecular flexibility index (Phi) is 5.65. The average molecular weight is 430 g/mol. The van der Waals surface area contributed by atoms with Crippen molar-refractivity contribution in [2.24, 2.45) is 0 Å². The summed E-state index contributed by atoms with van der Waals surface area (Å²) in [7, 11) is -3.54. The molecule has 6 nitrogen and oxygen atoms in total. The molecular formula is C16H17BrFN3O3S. The fraction of sp³-hybridized carbons (Fsp3) is 0.375. The van der Waals surface area contributed by atoms with E-state index in [1.54, 1.807) is 24.3 Å². The summed E-state index contributed by atoms with van der Waals surface area (Å²) < 4.78 is 46.8. The molecular weight excluding hydrogens is 413 g/mol. The Morgan fingerprint density at radius 2 is 1.68 bits per heavy atom. The van der Waals surface area contributed by atoms with Crippen molar-refractivity contribution in [3.8, 4) is 6.01 Å². The van der Waals surface area contributed by atoms with Crippen LogP contribution >= 0.6 is 15.9 Å². The van der Waals surface area contributed by atoms with Gasteiger partial charge in [0.05, 0.1) is 17.3 Å². The second-order valence-electron chi connectivity index (χ2n) is 5.85. The summed E-state index contributed by atoms with van der Waals surface area (Å²) in [6.45, 7) is 0. The van der Waals surface area contributed by atoms with Gasteiger partial charge in [0.25, 0.3) is 0 Å². The van der Waals surface area contributed by atoms with Crippen LogP contribution in [0.15, 0.2) is 46.0 Å². The molecule has 1 aliphatic rings. The molecule has 1 fully saturated rings. The number of hydrogen-bond donors (Lipinski definition) is 1. The summed E-state index contributed by atoms with van der Waals surface area (Å²) in [4.78, 5) is 7.79. The van der Waals surface area contributed by atoms with Gasteiger partial charge in [0.1, 0.15) is 6.10 Å². The highest BCUT2D eigenvalue weighted by Gasteiger charge is 2.27. The van der Waals surface area contributed by atoms with E-state index in [2.05, 4.69) is 30.6 Å². The van der Waals surface area contributed by atoms with E-state index in [1.165, 1.54) is 0 Å². The van der Waals surface area contributed by atoms with E-state index < -0.39 is 15.8 Å². The van der Waals surface area contributed by atoms with E-state index in [-0.39, 0.29) is 23.1 Å². The number of halogens is 2. The number of hydrogen-bond acceptors (Lipinski definition) is 5. The first-order chi connectivity index (χ1) is 11.9. The zero-order valence-electron chi connectivity index (χ0n) is 13.2. The molecule has 2 aromatic rings. The van der Waals surface area contributed by atoms with Gasteiger partial charge in [-0.2, -0.15) is 0 Å². The molecule has 1 heterocycles. The zero-order chi connectivity index (χ0) is 17.9. The molecule has 0 spiro atoms. The van der Waals surface area contributed by atoms with Crippen LogP contribution in [0.1, 0.15) is 25.7 Å². The van der Waals surface area contributed by atoms with Crippen LogP contribution in [0.4, 0.5) is 4.39 Å². The molecule has 1 saturated carbocycles. The van der Waals surface area contributed by atoms with E-state index in [9.17, 15) is 12.8 Å². The molecule has 3 rings (SSSR count). The van der Waals surface area contributed by atoms with E-state index >= 15 is 0 Å². The van der Waals surface area contributed by atoms with Gasteiger partial charge in [-0.25, -0.2) is 27.5 Å². The SMILES string of the molecule is O=S(=O)(NC1CCC(Oc2ncc(F)cn2)CC1)c1ccc(Br)cc1. The van der Waals surface area contributed by atoms with Crippen molar-refractivity contribution in [3.05, 3.63) is 46.9 Å². The summed E-state index contributed by atoms with van der Waals surface area (Å²) in [5.41, 5.74) is 0. The van der Waals surface area contributed by atoms with Gasteiger partial charge in [-0.1, -0.05) is 15.9 Å². The van der Waals surface area contributed by atoms with E-state index in [0.29, 0.717) is 25.7 Å². The smallest absolute Gasteiger partial charge is 0.316 e. The van der Waals surface area contributed by atoms with Gasteiger partial charge in [0.2, 0.25) is 10.0 Å². The number of sulfonamides is 1. The first kappa shape index (κ1) is 18.2. The third kappa shape index (κ3) is 4.96. The lowest BCUT2D eigenvalue weighted by Gasteiger charge is -2.28. The van der Waals surface area contributed by atoms with Crippen LogP contribution in [0.5, 0.6) is 6.01 Å². The van der Waals surface area contributed by atoms with Crippen molar-refractivity contribution < 1.29 is 17.5 Å². The maximum atomic E-state index is 12.8. The van der Waals surface area contributed by atoms with Crippen LogP contribution in [0, 0.1) is 5.82 Å². The van der Waals surface area contributed by atoms with Crippen molar-refractivity contribution in [3.63, 3.8) is 0 Å². The summed E-state index contributed by atoms with van der Waals surface area (Å²) in [6.07, 6.45) is 4.67. The molecule has 1 N–H and O–H groups in total. The average Bonchev–Trinajstić information content (AvgIpc) is 2.59. The van der Waals surface area contributed by atoms with Gasteiger partial charge in [-0.15, -0.1) is 0 Å². The van der Waals surface area contributed by atoms with Crippen LogP contribution in [-0.2, 0) is 10.0 Å². The van der Waals surface area contributed by atoms with Crippen LogP contribution in [0.3, 0.4) is 0 Å². The molecule has 0 saturated heterocycles. The van der Waals surface area contributed by atoms with Gasteiger partial charge < -0.3 is 4.74 Å². The highest BCUT2D eigenvalue weighted by Crippen LogP contribution is 2.24. The molecule has 134 valence electrons. The van der Waals surface area contributed by atoms with Crippen molar-refractivity contribution in [2.75, 3.05) is 0 Å². The zero-order valence-corrected chi connectivity index (χ0v) is 15.6. The summed E-state index contributed by atoms with van der Waals surface area (Å²) >= 11 is 3.29. The van der Waals surface area contributed by atoms with Crippen LogP contribution in [0.2, 0.25) is 0 Å². The Labute approximate surface area is 154 Å². The van der Waals surface area contributed by atoms with Gasteiger partial charge in [-0.3, -0.25) is 0 Å². The van der Waals surface area contributed by atoms with Crippen LogP contribution < -0.4 is 9.46 Å². The number of nitrogens with one attached hydrogen (secondary N) is 1. The van der Waals surface area contributed by atoms with Gasteiger partial charge >= 0.3 is 6.01 Å². The lowest BCUT2D eigenvalue weighted by Crippen LogP contribution is -2.39. The van der Waals surface area contributed by atoms with Crippen molar-refractivity contribution in [1.29, 1.82) is 0 Å². The predicted molar refractivity (Wildman–Crippen MR) is 93.1 cm³/mol. The molecule has 9 heteroatoms. The second-order valence-corrected chi connectivity index (χ2v) is 8.48. The largest absolute Gasteiger partial charge is 0.460 e. The minimum absolute atomic E-state index is 0.0982. The molecule has 0 amide bonds. The number of benzene rings is 1. The van der Waals surface area contributed by atoms with Gasteiger partial charge in [-0.05, 0) is 49.9 Å². The monoisotopic (exact) mass is 429 g/mol. The first-order valence-corrected chi connectivity index (χ1v) is 10.1. The Balaban J connectivity index is 1.53. The molecule has 1 aromatic heterocycles. The lowest BCUT2D eigenvalue weighted by molar-refractivity contribution is 0.132.